The van der Waals surface area contributed by atoms with Crippen LogP contribution in [-0.2, 0) is 16.2 Å². The van der Waals surface area contributed by atoms with Crippen LogP contribution in [0.25, 0.3) is 20.8 Å². The second kappa shape index (κ2) is 10.9. The number of rotatable bonds is 7. The zero-order valence-corrected chi connectivity index (χ0v) is 23.2. The van der Waals surface area contributed by atoms with E-state index in [1.54, 1.807) is 6.07 Å². The number of alkyl halides is 3. The molecule has 41 heavy (non-hydrogen) atoms. The van der Waals surface area contributed by atoms with Crippen molar-refractivity contribution in [3.63, 3.8) is 0 Å². The third-order valence-electron chi connectivity index (χ3n) is 7.09. The first-order valence-corrected chi connectivity index (χ1v) is 14.9. The second-order valence-electron chi connectivity index (χ2n) is 9.73. The predicted molar refractivity (Wildman–Crippen MR) is 147 cm³/mol. The van der Waals surface area contributed by atoms with Crippen LogP contribution in [0, 0.1) is 5.82 Å². The Morgan fingerprint density at radius 2 is 1.80 bits per heavy atom. The molecule has 0 amide bonds. The highest BCUT2D eigenvalue weighted by Crippen LogP contribution is 2.43. The molecule has 7 nitrogen and oxygen atoms in total. The molecule has 4 aromatic rings. The van der Waals surface area contributed by atoms with Crippen molar-refractivity contribution in [3.8, 4) is 16.3 Å². The van der Waals surface area contributed by atoms with E-state index in [9.17, 15) is 30.8 Å². The van der Waals surface area contributed by atoms with Gasteiger partial charge in [-0.2, -0.15) is 13.2 Å². The molecular formula is C28H24F4N2O5S2. The van der Waals surface area contributed by atoms with E-state index in [1.807, 2.05) is 0 Å². The lowest BCUT2D eigenvalue weighted by Gasteiger charge is -2.23. The number of ether oxygens (including phenoxy) is 1. The number of hydrogen-bond donors (Lipinski definition) is 2. The number of carboxylic acid groups (broad SMARTS) is 1. The van der Waals surface area contributed by atoms with E-state index >= 15 is 0 Å². The van der Waals surface area contributed by atoms with Crippen molar-refractivity contribution in [2.24, 2.45) is 0 Å². The largest absolute Gasteiger partial charge is 0.495 e. The SMILES string of the molecule is COc1cc(C(=O)O)c(F)cc1NS(=O)(=O)c1ccc2sc(-c3ccc(C4CCCCC4)cc3C(F)(F)F)nc2c1. The average Bonchev–Trinajstić information content (AvgIpc) is 3.36. The number of benzene rings is 3. The third-order valence-corrected chi connectivity index (χ3v) is 9.52. The number of aromatic nitrogens is 1. The Hall–Kier alpha value is -3.71. The number of nitrogens with zero attached hydrogens (tertiary/aromatic N) is 1. The minimum Gasteiger partial charge on any atom is -0.495 e. The summed E-state index contributed by atoms with van der Waals surface area (Å²) >= 11 is 1.01. The normalized spacial score (nSPS) is 14.8. The summed E-state index contributed by atoms with van der Waals surface area (Å²) in [5.74, 6) is -2.87. The lowest BCUT2D eigenvalue weighted by atomic mass is 9.83. The number of sulfonamides is 1. The quantitative estimate of drug-likeness (QED) is 0.209. The maximum absolute atomic E-state index is 14.3. The minimum absolute atomic E-state index is 0.0838. The van der Waals surface area contributed by atoms with E-state index in [2.05, 4.69) is 9.71 Å². The first-order valence-electron chi connectivity index (χ1n) is 12.6. The lowest BCUT2D eigenvalue weighted by Crippen LogP contribution is -2.14. The van der Waals surface area contributed by atoms with E-state index in [0.29, 0.717) is 16.3 Å². The van der Waals surface area contributed by atoms with Gasteiger partial charge in [0.15, 0.2) is 0 Å². The zero-order valence-electron chi connectivity index (χ0n) is 21.6. The van der Waals surface area contributed by atoms with Gasteiger partial charge in [-0.3, -0.25) is 4.72 Å². The van der Waals surface area contributed by atoms with Crippen LogP contribution in [0.3, 0.4) is 0 Å². The van der Waals surface area contributed by atoms with Crippen molar-refractivity contribution in [2.45, 2.75) is 49.1 Å². The number of anilines is 1. The number of thiazole rings is 1. The summed E-state index contributed by atoms with van der Waals surface area (Å²) in [6.07, 6.45) is 0.153. The van der Waals surface area contributed by atoms with Gasteiger partial charge in [0.1, 0.15) is 16.6 Å². The molecule has 1 aliphatic rings. The molecule has 5 rings (SSSR count). The Morgan fingerprint density at radius 3 is 2.46 bits per heavy atom. The van der Waals surface area contributed by atoms with Crippen LogP contribution in [-0.4, -0.2) is 31.6 Å². The molecule has 3 aromatic carbocycles. The molecule has 0 spiro atoms. The number of carboxylic acids is 1. The summed E-state index contributed by atoms with van der Waals surface area (Å²) in [6, 6.07) is 9.78. The van der Waals surface area contributed by atoms with Crippen LogP contribution in [0.2, 0.25) is 0 Å². The van der Waals surface area contributed by atoms with Gasteiger partial charge in [0.25, 0.3) is 10.0 Å². The molecule has 0 unspecified atom stereocenters. The molecule has 0 saturated heterocycles. The Bertz CT molecular complexity index is 1750. The maximum atomic E-state index is 14.3. The first-order chi connectivity index (χ1) is 19.4. The average molecular weight is 609 g/mol. The zero-order chi connectivity index (χ0) is 29.5. The minimum atomic E-state index is -4.61. The third kappa shape index (κ3) is 5.87. The molecule has 1 aliphatic carbocycles. The van der Waals surface area contributed by atoms with Gasteiger partial charge in [-0.05, 0) is 54.7 Å². The maximum Gasteiger partial charge on any atom is 0.417 e. The second-order valence-corrected chi connectivity index (χ2v) is 12.4. The fourth-order valence-electron chi connectivity index (χ4n) is 5.03. The highest BCUT2D eigenvalue weighted by molar-refractivity contribution is 7.92. The van der Waals surface area contributed by atoms with Crippen LogP contribution in [0.4, 0.5) is 23.2 Å². The molecule has 0 radical (unpaired) electrons. The number of fused-ring (bicyclic) bond motifs is 1. The number of nitrogens with one attached hydrogen (secondary N) is 1. The number of hydrogen-bond acceptors (Lipinski definition) is 6. The summed E-state index contributed by atoms with van der Waals surface area (Å²) in [7, 11) is -3.19. The monoisotopic (exact) mass is 608 g/mol. The summed E-state index contributed by atoms with van der Waals surface area (Å²) in [5.41, 5.74) is -1.08. The molecule has 1 saturated carbocycles. The summed E-state index contributed by atoms with van der Waals surface area (Å²) in [6.45, 7) is 0. The Labute approximate surface area is 236 Å². The van der Waals surface area contributed by atoms with E-state index < -0.39 is 39.1 Å². The van der Waals surface area contributed by atoms with Crippen LogP contribution in [0.5, 0.6) is 5.75 Å². The van der Waals surface area contributed by atoms with Gasteiger partial charge in [0.2, 0.25) is 0 Å². The van der Waals surface area contributed by atoms with Crippen molar-refractivity contribution in [1.29, 1.82) is 0 Å². The molecular weight excluding hydrogens is 584 g/mol. The smallest absolute Gasteiger partial charge is 0.417 e. The van der Waals surface area contributed by atoms with Crippen LogP contribution in [0.15, 0.2) is 53.4 Å². The van der Waals surface area contributed by atoms with E-state index in [1.165, 1.54) is 30.3 Å². The van der Waals surface area contributed by atoms with Crippen LogP contribution >= 0.6 is 11.3 Å². The van der Waals surface area contributed by atoms with E-state index in [-0.39, 0.29) is 38.3 Å². The number of carbonyl (C=O) groups is 1. The van der Waals surface area contributed by atoms with Crippen LogP contribution in [0.1, 0.15) is 59.5 Å². The molecule has 13 heteroatoms. The summed E-state index contributed by atoms with van der Waals surface area (Å²) < 4.78 is 90.6. The first kappa shape index (κ1) is 28.8. The van der Waals surface area contributed by atoms with Crippen molar-refractivity contribution in [2.75, 3.05) is 11.8 Å². The number of halogens is 4. The summed E-state index contributed by atoms with van der Waals surface area (Å²) in [4.78, 5) is 15.3. The lowest BCUT2D eigenvalue weighted by molar-refractivity contribution is -0.137. The number of methoxy groups -OCH3 is 1. The predicted octanol–water partition coefficient (Wildman–Crippen LogP) is 7.68. The van der Waals surface area contributed by atoms with Gasteiger partial charge in [-0.1, -0.05) is 31.4 Å². The molecule has 1 heterocycles. The van der Waals surface area contributed by atoms with Crippen molar-refractivity contribution in [3.05, 3.63) is 71.0 Å². The molecule has 0 bridgehead atoms. The fourth-order valence-corrected chi connectivity index (χ4v) is 7.10. The summed E-state index contributed by atoms with van der Waals surface area (Å²) in [5, 5.41) is 9.20. The highest BCUT2D eigenvalue weighted by Gasteiger charge is 2.35. The molecule has 0 atom stereocenters. The molecule has 216 valence electrons. The highest BCUT2D eigenvalue weighted by atomic mass is 32.2. The molecule has 2 N–H and O–H groups in total. The van der Waals surface area contributed by atoms with Gasteiger partial charge < -0.3 is 9.84 Å². The molecule has 0 aliphatic heterocycles. The Morgan fingerprint density at radius 1 is 1.07 bits per heavy atom. The van der Waals surface area contributed by atoms with Gasteiger partial charge in [0, 0.05) is 11.6 Å². The standard InChI is InChI=1S/C28H24F4N2O5S2/c1-39-24-13-19(27(35)36)21(29)14-22(24)34-41(37,38)17-8-10-25-23(12-17)33-26(40-25)18-9-7-16(11-20(18)28(30,31)32)15-5-3-2-4-6-15/h7-15,34H,2-6H2,1H3,(H,35,36). The van der Waals surface area contributed by atoms with E-state index in [0.717, 1.165) is 56.6 Å². The fraction of sp³-hybridized carbons (Fsp3) is 0.286. The van der Waals surface area contributed by atoms with Crippen molar-refractivity contribution >= 4 is 43.2 Å². The van der Waals surface area contributed by atoms with Crippen molar-refractivity contribution < 1.29 is 40.6 Å². The van der Waals surface area contributed by atoms with E-state index in [4.69, 9.17) is 9.84 Å². The number of aromatic carboxylic acids is 1. The Kier molecular flexibility index (Phi) is 7.68. The van der Waals surface area contributed by atoms with Gasteiger partial charge in [0.05, 0.1) is 39.0 Å². The van der Waals surface area contributed by atoms with Crippen LogP contribution < -0.4 is 9.46 Å². The van der Waals surface area contributed by atoms with Gasteiger partial charge in [-0.25, -0.2) is 22.6 Å². The van der Waals surface area contributed by atoms with Crippen molar-refractivity contribution in [1.82, 2.24) is 4.98 Å². The molecule has 1 aromatic heterocycles. The van der Waals surface area contributed by atoms with Gasteiger partial charge in [-0.15, -0.1) is 11.3 Å². The topological polar surface area (TPSA) is 106 Å². The Balaban J connectivity index is 1.50. The molecule has 1 fully saturated rings. The van der Waals surface area contributed by atoms with Gasteiger partial charge >= 0.3 is 12.1 Å².